The van der Waals surface area contributed by atoms with Crippen molar-refractivity contribution in [2.24, 2.45) is 0 Å². The molecule has 4 heteroatoms. The Morgan fingerprint density at radius 2 is 2.06 bits per heavy atom. The van der Waals surface area contributed by atoms with Crippen LogP contribution < -0.4 is 15.4 Å². The Kier molecular flexibility index (Phi) is 6.58. The highest BCUT2D eigenvalue weighted by Gasteiger charge is 2.04. The summed E-state index contributed by atoms with van der Waals surface area (Å²) in [6.07, 6.45) is 1.68. The van der Waals surface area contributed by atoms with Crippen molar-refractivity contribution in [3.63, 3.8) is 0 Å². The Hall–Kier alpha value is -1.81. The highest BCUT2D eigenvalue weighted by Crippen LogP contribution is 2.11. The maximum atomic E-state index is 11.7. The molecule has 18 heavy (non-hydrogen) atoms. The molecule has 0 aliphatic heterocycles. The summed E-state index contributed by atoms with van der Waals surface area (Å²) in [4.78, 5) is 11.7. The predicted molar refractivity (Wildman–Crippen MR) is 73.0 cm³/mol. The first-order chi connectivity index (χ1) is 8.77. The van der Waals surface area contributed by atoms with Gasteiger partial charge in [0.15, 0.2) is 0 Å². The van der Waals surface area contributed by atoms with Crippen LogP contribution in [0.5, 0.6) is 5.75 Å². The monoisotopic (exact) mass is 248 g/mol. The Balaban J connectivity index is 2.41. The Bertz CT molecular complexity index is 374. The van der Waals surface area contributed by atoms with E-state index in [1.54, 1.807) is 30.3 Å². The van der Waals surface area contributed by atoms with Crippen LogP contribution in [0.4, 0.5) is 0 Å². The van der Waals surface area contributed by atoms with Crippen molar-refractivity contribution >= 4 is 5.91 Å². The number of likely N-dealkylation sites (N-methyl/N-ethyl adjacent to an activating group) is 1. The second-order valence-electron chi connectivity index (χ2n) is 3.73. The zero-order valence-electron chi connectivity index (χ0n) is 10.7. The zero-order chi connectivity index (χ0) is 13.2. The lowest BCUT2D eigenvalue weighted by Gasteiger charge is -2.07. The van der Waals surface area contributed by atoms with Crippen LogP contribution in [0.2, 0.25) is 0 Å². The SMILES string of the molecule is C=CCOc1ccc(C(=O)NCCNCC)cc1. The maximum Gasteiger partial charge on any atom is 0.251 e. The van der Waals surface area contributed by atoms with Gasteiger partial charge in [0.25, 0.3) is 5.91 Å². The van der Waals surface area contributed by atoms with E-state index < -0.39 is 0 Å². The number of carbonyl (C=O) groups is 1. The molecule has 1 rings (SSSR count). The molecule has 98 valence electrons. The molecule has 0 unspecified atom stereocenters. The van der Waals surface area contributed by atoms with Crippen molar-refractivity contribution in [1.29, 1.82) is 0 Å². The molecule has 0 fully saturated rings. The van der Waals surface area contributed by atoms with Gasteiger partial charge >= 0.3 is 0 Å². The van der Waals surface area contributed by atoms with Crippen LogP contribution in [0.25, 0.3) is 0 Å². The molecule has 0 aromatic heterocycles. The van der Waals surface area contributed by atoms with Crippen molar-refractivity contribution in [3.8, 4) is 5.75 Å². The van der Waals surface area contributed by atoms with Gasteiger partial charge in [-0.3, -0.25) is 4.79 Å². The number of benzene rings is 1. The molecule has 2 N–H and O–H groups in total. The fraction of sp³-hybridized carbons (Fsp3) is 0.357. The summed E-state index contributed by atoms with van der Waals surface area (Å²) in [5, 5.41) is 5.98. The summed E-state index contributed by atoms with van der Waals surface area (Å²) in [5.74, 6) is 0.669. The topological polar surface area (TPSA) is 50.4 Å². The third-order valence-electron chi connectivity index (χ3n) is 2.32. The number of hydrogen-bond acceptors (Lipinski definition) is 3. The average molecular weight is 248 g/mol. The first-order valence-electron chi connectivity index (χ1n) is 6.10. The van der Waals surface area contributed by atoms with Gasteiger partial charge in [-0.25, -0.2) is 0 Å². The molecule has 1 aromatic carbocycles. The first kappa shape index (κ1) is 14.3. The zero-order valence-corrected chi connectivity index (χ0v) is 10.7. The summed E-state index contributed by atoms with van der Waals surface area (Å²) < 4.78 is 5.34. The summed E-state index contributed by atoms with van der Waals surface area (Å²) in [6, 6.07) is 7.06. The minimum Gasteiger partial charge on any atom is -0.490 e. The molecule has 1 aromatic rings. The molecule has 0 heterocycles. The standard InChI is InChI=1S/C14H20N2O2/c1-3-11-18-13-7-5-12(6-8-13)14(17)16-10-9-15-4-2/h3,5-8,15H,1,4,9-11H2,2H3,(H,16,17). The third-order valence-corrected chi connectivity index (χ3v) is 2.32. The molecule has 0 saturated carbocycles. The lowest BCUT2D eigenvalue weighted by molar-refractivity contribution is 0.0954. The quantitative estimate of drug-likeness (QED) is 0.542. The molecule has 0 aliphatic rings. The smallest absolute Gasteiger partial charge is 0.251 e. The fourth-order valence-electron chi connectivity index (χ4n) is 1.40. The molecule has 0 spiro atoms. The van der Waals surface area contributed by atoms with Crippen molar-refractivity contribution in [3.05, 3.63) is 42.5 Å². The second-order valence-corrected chi connectivity index (χ2v) is 3.73. The molecule has 0 atom stereocenters. The van der Waals surface area contributed by atoms with Crippen LogP contribution in [0, 0.1) is 0 Å². The molecule has 1 amide bonds. The van der Waals surface area contributed by atoms with Crippen molar-refractivity contribution in [2.75, 3.05) is 26.2 Å². The lowest BCUT2D eigenvalue weighted by Crippen LogP contribution is -2.31. The maximum absolute atomic E-state index is 11.7. The van der Waals surface area contributed by atoms with Gasteiger partial charge in [0.05, 0.1) is 0 Å². The van der Waals surface area contributed by atoms with Crippen LogP contribution in [0.15, 0.2) is 36.9 Å². The molecular weight excluding hydrogens is 228 g/mol. The van der Waals surface area contributed by atoms with E-state index in [9.17, 15) is 4.79 Å². The van der Waals surface area contributed by atoms with Crippen LogP contribution in [0.3, 0.4) is 0 Å². The molecule has 0 aliphatic carbocycles. The third kappa shape index (κ3) is 5.01. The summed E-state index contributed by atoms with van der Waals surface area (Å²) in [5.41, 5.74) is 0.637. The first-order valence-corrected chi connectivity index (χ1v) is 6.10. The van der Waals surface area contributed by atoms with Crippen molar-refractivity contribution < 1.29 is 9.53 Å². The number of hydrogen-bond donors (Lipinski definition) is 2. The van der Waals surface area contributed by atoms with E-state index >= 15 is 0 Å². The largest absolute Gasteiger partial charge is 0.490 e. The second kappa shape index (κ2) is 8.31. The number of ether oxygens (including phenoxy) is 1. The van der Waals surface area contributed by atoms with E-state index in [0.717, 1.165) is 18.8 Å². The minimum atomic E-state index is -0.0665. The molecular formula is C14H20N2O2. The van der Waals surface area contributed by atoms with E-state index in [1.807, 2.05) is 6.92 Å². The highest BCUT2D eigenvalue weighted by molar-refractivity contribution is 5.94. The summed E-state index contributed by atoms with van der Waals surface area (Å²) in [7, 11) is 0. The van der Waals surface area contributed by atoms with Crippen LogP contribution in [0.1, 0.15) is 17.3 Å². The summed E-state index contributed by atoms with van der Waals surface area (Å²) >= 11 is 0. The van der Waals surface area contributed by atoms with Crippen LogP contribution >= 0.6 is 0 Å². The van der Waals surface area contributed by atoms with Gasteiger partial charge in [0, 0.05) is 18.7 Å². The average Bonchev–Trinajstić information content (AvgIpc) is 2.41. The Morgan fingerprint density at radius 1 is 1.33 bits per heavy atom. The highest BCUT2D eigenvalue weighted by atomic mass is 16.5. The van der Waals surface area contributed by atoms with Gasteiger partial charge in [-0.1, -0.05) is 19.6 Å². The van der Waals surface area contributed by atoms with Crippen LogP contribution in [-0.4, -0.2) is 32.1 Å². The molecule has 0 bridgehead atoms. The van der Waals surface area contributed by atoms with E-state index in [-0.39, 0.29) is 5.91 Å². The Morgan fingerprint density at radius 3 is 2.67 bits per heavy atom. The van der Waals surface area contributed by atoms with Crippen molar-refractivity contribution in [1.82, 2.24) is 10.6 Å². The van der Waals surface area contributed by atoms with Gasteiger partial charge in [-0.05, 0) is 30.8 Å². The van der Waals surface area contributed by atoms with E-state index in [2.05, 4.69) is 17.2 Å². The van der Waals surface area contributed by atoms with Gasteiger partial charge in [0.1, 0.15) is 12.4 Å². The molecule has 0 saturated heterocycles. The normalized spacial score (nSPS) is 9.83. The number of amides is 1. The number of carbonyl (C=O) groups excluding carboxylic acids is 1. The minimum absolute atomic E-state index is 0.0665. The van der Waals surface area contributed by atoms with Gasteiger partial charge in [0.2, 0.25) is 0 Å². The van der Waals surface area contributed by atoms with E-state index in [0.29, 0.717) is 18.7 Å². The lowest BCUT2D eigenvalue weighted by atomic mass is 10.2. The Labute approximate surface area is 108 Å². The van der Waals surface area contributed by atoms with Gasteiger partial charge < -0.3 is 15.4 Å². The van der Waals surface area contributed by atoms with E-state index in [1.165, 1.54) is 0 Å². The molecule has 4 nitrogen and oxygen atoms in total. The number of nitrogens with one attached hydrogen (secondary N) is 2. The fourth-order valence-corrected chi connectivity index (χ4v) is 1.40. The predicted octanol–water partition coefficient (Wildman–Crippen LogP) is 1.59. The van der Waals surface area contributed by atoms with Crippen molar-refractivity contribution in [2.45, 2.75) is 6.92 Å². The molecule has 0 radical (unpaired) electrons. The van der Waals surface area contributed by atoms with E-state index in [4.69, 9.17) is 4.74 Å². The van der Waals surface area contributed by atoms with Gasteiger partial charge in [-0.2, -0.15) is 0 Å². The summed E-state index contributed by atoms with van der Waals surface area (Å²) in [6.45, 7) is 8.39. The number of rotatable bonds is 8. The van der Waals surface area contributed by atoms with Gasteiger partial charge in [-0.15, -0.1) is 0 Å². The van der Waals surface area contributed by atoms with Crippen LogP contribution in [-0.2, 0) is 0 Å².